The van der Waals surface area contributed by atoms with E-state index in [0.29, 0.717) is 25.6 Å². The molecule has 5 nitrogen and oxygen atoms in total. The lowest BCUT2D eigenvalue weighted by Crippen LogP contribution is -2.22. The number of esters is 1. The zero-order valence-electron chi connectivity index (χ0n) is 13.1. The number of ether oxygens (including phenoxy) is 1. The lowest BCUT2D eigenvalue weighted by Gasteiger charge is -2.15. The number of hydrogen-bond acceptors (Lipinski definition) is 4. The summed E-state index contributed by atoms with van der Waals surface area (Å²) in [5.74, 6) is -0.137. The molecule has 0 N–H and O–H groups in total. The van der Waals surface area contributed by atoms with E-state index in [1.54, 1.807) is 0 Å². The van der Waals surface area contributed by atoms with Gasteiger partial charge >= 0.3 is 5.97 Å². The highest BCUT2D eigenvalue weighted by molar-refractivity contribution is 5.69. The molecule has 0 amide bonds. The smallest absolute Gasteiger partial charge is 0.307 e. The maximum absolute atomic E-state index is 11.3. The van der Waals surface area contributed by atoms with Gasteiger partial charge in [0.2, 0.25) is 0 Å². The lowest BCUT2D eigenvalue weighted by molar-refractivity contribution is -0.143. The largest absolute Gasteiger partial charge is 0.466 e. The van der Waals surface area contributed by atoms with Crippen molar-refractivity contribution in [2.45, 2.75) is 52.6 Å². The minimum absolute atomic E-state index is 0.137. The maximum Gasteiger partial charge on any atom is 0.307 e. The van der Waals surface area contributed by atoms with Crippen LogP contribution in [0.15, 0.2) is 12.3 Å². The van der Waals surface area contributed by atoms with Crippen LogP contribution in [0.3, 0.4) is 0 Å². The summed E-state index contributed by atoms with van der Waals surface area (Å²) in [6.45, 7) is 8.08. The SMILES string of the molecule is CCOC(=O)CCN(C)Cc1ccn(C(CC)CC)n1. The topological polar surface area (TPSA) is 47.4 Å². The van der Waals surface area contributed by atoms with Crippen molar-refractivity contribution in [1.29, 1.82) is 0 Å². The third-order valence-electron chi connectivity index (χ3n) is 3.42. The van der Waals surface area contributed by atoms with E-state index in [-0.39, 0.29) is 5.97 Å². The molecule has 0 saturated heterocycles. The molecule has 0 aliphatic carbocycles. The van der Waals surface area contributed by atoms with Crippen LogP contribution in [0.4, 0.5) is 0 Å². The van der Waals surface area contributed by atoms with Crippen molar-refractivity contribution in [3.63, 3.8) is 0 Å². The lowest BCUT2D eigenvalue weighted by atomic mass is 10.2. The molecule has 5 heteroatoms. The Bertz CT molecular complexity index is 400. The van der Waals surface area contributed by atoms with Crippen LogP contribution in [0.25, 0.3) is 0 Å². The zero-order valence-corrected chi connectivity index (χ0v) is 13.1. The number of nitrogens with zero attached hydrogens (tertiary/aromatic N) is 3. The molecule has 0 unspecified atom stereocenters. The summed E-state index contributed by atoms with van der Waals surface area (Å²) in [7, 11) is 2.00. The summed E-state index contributed by atoms with van der Waals surface area (Å²) in [6, 6.07) is 2.53. The van der Waals surface area contributed by atoms with Gasteiger partial charge in [0.15, 0.2) is 0 Å². The van der Waals surface area contributed by atoms with Crippen LogP contribution in [-0.2, 0) is 16.1 Å². The average Bonchev–Trinajstić information content (AvgIpc) is 2.87. The first kappa shape index (κ1) is 16.7. The Labute approximate surface area is 121 Å². The number of rotatable bonds is 9. The maximum atomic E-state index is 11.3. The van der Waals surface area contributed by atoms with Crippen molar-refractivity contribution in [3.05, 3.63) is 18.0 Å². The number of aromatic nitrogens is 2. The summed E-state index contributed by atoms with van der Waals surface area (Å²) in [5.41, 5.74) is 1.04. The van der Waals surface area contributed by atoms with Gasteiger partial charge in [-0.25, -0.2) is 0 Å². The van der Waals surface area contributed by atoms with E-state index in [2.05, 4.69) is 34.6 Å². The molecule has 0 spiro atoms. The molecule has 0 fully saturated rings. The van der Waals surface area contributed by atoms with Crippen molar-refractivity contribution < 1.29 is 9.53 Å². The fourth-order valence-electron chi connectivity index (χ4n) is 2.20. The standard InChI is InChI=1S/C15H27N3O2/c1-5-14(6-2)18-11-8-13(16-18)12-17(4)10-9-15(19)20-7-3/h8,11,14H,5-7,9-10,12H2,1-4H3. The van der Waals surface area contributed by atoms with Crippen molar-refractivity contribution in [3.8, 4) is 0 Å². The van der Waals surface area contributed by atoms with Crippen LogP contribution in [0.5, 0.6) is 0 Å². The average molecular weight is 281 g/mol. The van der Waals surface area contributed by atoms with Gasteiger partial charge in [0.25, 0.3) is 0 Å². The summed E-state index contributed by atoms with van der Waals surface area (Å²) in [6.07, 6.45) is 4.66. The first-order chi connectivity index (χ1) is 9.60. The highest BCUT2D eigenvalue weighted by atomic mass is 16.5. The second-order valence-corrected chi connectivity index (χ2v) is 5.05. The monoisotopic (exact) mass is 281 g/mol. The Morgan fingerprint density at radius 3 is 2.70 bits per heavy atom. The van der Waals surface area contributed by atoms with E-state index in [1.807, 2.05) is 20.2 Å². The molecule has 0 atom stereocenters. The van der Waals surface area contributed by atoms with Gasteiger partial charge in [-0.2, -0.15) is 5.10 Å². The molecule has 0 aliphatic heterocycles. The molecule has 0 aromatic carbocycles. The first-order valence-corrected chi connectivity index (χ1v) is 7.48. The van der Waals surface area contributed by atoms with Gasteiger partial charge in [-0.15, -0.1) is 0 Å². The third kappa shape index (κ3) is 5.33. The summed E-state index contributed by atoms with van der Waals surface area (Å²) >= 11 is 0. The summed E-state index contributed by atoms with van der Waals surface area (Å²) < 4.78 is 6.97. The molecule has 1 rings (SSSR count). The molecule has 0 radical (unpaired) electrons. The van der Waals surface area contributed by atoms with Gasteiger partial charge in [-0.05, 0) is 32.9 Å². The molecule has 1 aromatic heterocycles. The Hall–Kier alpha value is -1.36. The third-order valence-corrected chi connectivity index (χ3v) is 3.42. The normalized spacial score (nSPS) is 11.3. The van der Waals surface area contributed by atoms with Crippen molar-refractivity contribution >= 4 is 5.97 Å². The van der Waals surface area contributed by atoms with E-state index in [9.17, 15) is 4.79 Å². The number of carbonyl (C=O) groups is 1. The zero-order chi connectivity index (χ0) is 15.0. The first-order valence-electron chi connectivity index (χ1n) is 7.48. The van der Waals surface area contributed by atoms with Gasteiger partial charge in [0.05, 0.1) is 24.8 Å². The quantitative estimate of drug-likeness (QED) is 0.653. The molecular formula is C15H27N3O2. The Morgan fingerprint density at radius 1 is 1.40 bits per heavy atom. The molecular weight excluding hydrogens is 254 g/mol. The highest BCUT2D eigenvalue weighted by Gasteiger charge is 2.10. The van der Waals surface area contributed by atoms with Gasteiger partial charge in [0.1, 0.15) is 0 Å². The second-order valence-electron chi connectivity index (χ2n) is 5.05. The number of hydrogen-bond donors (Lipinski definition) is 0. The Balaban J connectivity index is 2.42. The second kappa shape index (κ2) is 8.74. The number of carbonyl (C=O) groups excluding carboxylic acids is 1. The van der Waals surface area contributed by atoms with Crippen LogP contribution >= 0.6 is 0 Å². The highest BCUT2D eigenvalue weighted by Crippen LogP contribution is 2.14. The van der Waals surface area contributed by atoms with Gasteiger partial charge < -0.3 is 4.74 Å². The van der Waals surface area contributed by atoms with E-state index in [4.69, 9.17) is 4.74 Å². The fraction of sp³-hybridized carbons (Fsp3) is 0.733. The summed E-state index contributed by atoms with van der Waals surface area (Å²) in [5, 5.41) is 4.61. The fourth-order valence-corrected chi connectivity index (χ4v) is 2.20. The van der Waals surface area contributed by atoms with Gasteiger partial charge in [-0.1, -0.05) is 13.8 Å². The van der Waals surface area contributed by atoms with Crippen LogP contribution in [-0.4, -0.2) is 40.8 Å². The molecule has 0 aliphatic rings. The van der Waals surface area contributed by atoms with E-state index < -0.39 is 0 Å². The molecule has 20 heavy (non-hydrogen) atoms. The molecule has 1 heterocycles. The van der Waals surface area contributed by atoms with Gasteiger partial charge in [0, 0.05) is 19.3 Å². The van der Waals surface area contributed by atoms with Gasteiger partial charge in [-0.3, -0.25) is 14.4 Å². The Morgan fingerprint density at radius 2 is 2.10 bits per heavy atom. The Kier molecular flexibility index (Phi) is 7.30. The van der Waals surface area contributed by atoms with Crippen LogP contribution < -0.4 is 0 Å². The minimum Gasteiger partial charge on any atom is -0.466 e. The summed E-state index contributed by atoms with van der Waals surface area (Å²) in [4.78, 5) is 13.4. The molecule has 0 saturated carbocycles. The van der Waals surface area contributed by atoms with Crippen molar-refractivity contribution in [2.24, 2.45) is 0 Å². The van der Waals surface area contributed by atoms with Crippen LogP contribution in [0.2, 0.25) is 0 Å². The van der Waals surface area contributed by atoms with Crippen LogP contribution in [0, 0.1) is 0 Å². The molecule has 0 bridgehead atoms. The molecule has 114 valence electrons. The molecule has 1 aromatic rings. The van der Waals surface area contributed by atoms with Crippen molar-refractivity contribution in [2.75, 3.05) is 20.2 Å². The van der Waals surface area contributed by atoms with Crippen molar-refractivity contribution in [1.82, 2.24) is 14.7 Å². The minimum atomic E-state index is -0.137. The predicted molar refractivity (Wildman–Crippen MR) is 79.4 cm³/mol. The van der Waals surface area contributed by atoms with Crippen LogP contribution in [0.1, 0.15) is 51.8 Å². The van der Waals surface area contributed by atoms with E-state index in [1.165, 1.54) is 0 Å². The van der Waals surface area contributed by atoms with E-state index >= 15 is 0 Å². The van der Waals surface area contributed by atoms with E-state index in [0.717, 1.165) is 25.1 Å². The predicted octanol–water partition coefficient (Wildman–Crippen LogP) is 2.63.